The van der Waals surface area contributed by atoms with Crippen LogP contribution in [0.4, 0.5) is 0 Å². The molecule has 3 rings (SSSR count). The zero-order chi connectivity index (χ0) is 25.6. The molecular weight excluding hydrogens is 440 g/mol. The van der Waals surface area contributed by atoms with E-state index in [1.54, 1.807) is 14.2 Å². The monoisotopic (exact) mass is 478 g/mol. The van der Waals surface area contributed by atoms with Gasteiger partial charge in [-0.15, -0.1) is 0 Å². The van der Waals surface area contributed by atoms with Crippen molar-refractivity contribution in [3.63, 3.8) is 0 Å². The topological polar surface area (TPSA) is 54.0 Å². The summed E-state index contributed by atoms with van der Waals surface area (Å²) in [6.45, 7) is 11.7. The molecule has 5 nitrogen and oxygen atoms in total. The van der Waals surface area contributed by atoms with Crippen molar-refractivity contribution >= 4 is 17.9 Å². The van der Waals surface area contributed by atoms with E-state index < -0.39 is 0 Å². The van der Waals surface area contributed by atoms with Gasteiger partial charge in [0, 0.05) is 11.1 Å². The molecule has 188 valence electrons. The smallest absolute Gasteiger partial charge is 0.185 e. The van der Waals surface area contributed by atoms with E-state index in [1.807, 2.05) is 62.4 Å². The van der Waals surface area contributed by atoms with Gasteiger partial charge >= 0.3 is 0 Å². The lowest BCUT2D eigenvalue weighted by Gasteiger charge is -2.35. The fourth-order valence-corrected chi connectivity index (χ4v) is 4.36. The van der Waals surface area contributed by atoms with Crippen molar-refractivity contribution in [1.82, 2.24) is 0 Å². The number of hydrogen-bond acceptors (Lipinski definition) is 5. The Morgan fingerprint density at radius 2 is 1.20 bits per heavy atom. The third-order valence-electron chi connectivity index (χ3n) is 6.40. The first-order valence-electron chi connectivity index (χ1n) is 12.3. The fraction of sp³-hybridized carbons (Fsp3) is 0.433. The van der Waals surface area contributed by atoms with Crippen LogP contribution in [0, 0.1) is 11.3 Å². The number of ether oxygens (including phenoxy) is 4. The molecule has 2 aromatic carbocycles. The first kappa shape index (κ1) is 26.4. The summed E-state index contributed by atoms with van der Waals surface area (Å²) in [6, 6.07) is 11.6. The second-order valence-electron chi connectivity index (χ2n) is 9.83. The highest BCUT2D eigenvalue weighted by Gasteiger charge is 2.34. The molecule has 5 heteroatoms. The predicted molar refractivity (Wildman–Crippen MR) is 141 cm³/mol. The van der Waals surface area contributed by atoms with Gasteiger partial charge in [-0.05, 0) is 85.6 Å². The van der Waals surface area contributed by atoms with E-state index in [9.17, 15) is 4.79 Å². The first-order chi connectivity index (χ1) is 16.7. The summed E-state index contributed by atoms with van der Waals surface area (Å²) in [5, 5.41) is 0. The van der Waals surface area contributed by atoms with E-state index in [0.29, 0.717) is 42.1 Å². The average molecular weight is 479 g/mol. The van der Waals surface area contributed by atoms with E-state index in [1.165, 1.54) is 0 Å². The van der Waals surface area contributed by atoms with Crippen LogP contribution in [0.15, 0.2) is 47.5 Å². The second-order valence-corrected chi connectivity index (χ2v) is 9.83. The number of carbonyl (C=O) groups excluding carboxylic acids is 1. The highest BCUT2D eigenvalue weighted by molar-refractivity contribution is 6.14. The Bertz CT molecular complexity index is 1020. The van der Waals surface area contributed by atoms with Gasteiger partial charge in [-0.1, -0.05) is 32.9 Å². The minimum Gasteiger partial charge on any atom is -0.493 e. The molecule has 0 heterocycles. The Morgan fingerprint density at radius 1 is 0.771 bits per heavy atom. The van der Waals surface area contributed by atoms with Crippen LogP contribution in [0.1, 0.15) is 58.6 Å². The Kier molecular flexibility index (Phi) is 8.66. The third-order valence-corrected chi connectivity index (χ3v) is 6.40. The van der Waals surface area contributed by atoms with Crippen LogP contribution in [-0.2, 0) is 4.79 Å². The molecule has 2 aromatic rings. The van der Waals surface area contributed by atoms with Gasteiger partial charge in [0.1, 0.15) is 0 Å². The van der Waals surface area contributed by atoms with Gasteiger partial charge in [0.25, 0.3) is 0 Å². The van der Waals surface area contributed by atoms with Crippen molar-refractivity contribution in [3.05, 3.63) is 58.7 Å². The number of rotatable bonds is 8. The van der Waals surface area contributed by atoms with Gasteiger partial charge in [0.15, 0.2) is 28.8 Å². The van der Waals surface area contributed by atoms with Gasteiger partial charge < -0.3 is 18.9 Å². The van der Waals surface area contributed by atoms with E-state index >= 15 is 0 Å². The first-order valence-corrected chi connectivity index (χ1v) is 12.3. The standard InChI is InChI=1S/C30H38O5/c1-8-34-27-16-20(10-12-25(27)32-6)14-22-18-24(30(3,4)5)19-23(29(22)31)15-21-11-13-26(33-7)28(17-21)35-9-2/h10-17,24H,8-9,18-19H2,1-7H3. The molecule has 0 atom stereocenters. The van der Waals surface area contributed by atoms with Crippen molar-refractivity contribution < 1.29 is 23.7 Å². The molecule has 0 spiro atoms. The minimum absolute atomic E-state index is 0.0612. The Balaban J connectivity index is 2.02. The maximum absolute atomic E-state index is 13.6. The molecule has 35 heavy (non-hydrogen) atoms. The summed E-state index contributed by atoms with van der Waals surface area (Å²) in [5.74, 6) is 3.15. The fourth-order valence-electron chi connectivity index (χ4n) is 4.36. The zero-order valence-electron chi connectivity index (χ0n) is 22.1. The van der Waals surface area contributed by atoms with Crippen LogP contribution in [0.2, 0.25) is 0 Å². The maximum atomic E-state index is 13.6. The van der Waals surface area contributed by atoms with Gasteiger partial charge in [-0.3, -0.25) is 4.79 Å². The summed E-state index contributed by atoms with van der Waals surface area (Å²) in [4.78, 5) is 13.6. The molecule has 1 aliphatic rings. The SMILES string of the molecule is CCOc1cc(C=C2CC(C(C)(C)C)CC(=Cc3ccc(OC)c(OCC)c3)C2=O)ccc1OC. The van der Waals surface area contributed by atoms with Crippen molar-refractivity contribution in [3.8, 4) is 23.0 Å². The number of Topliss-reactive ketones (excluding diaryl/α,β-unsaturated/α-hetero) is 1. The van der Waals surface area contributed by atoms with Crippen molar-refractivity contribution in [2.24, 2.45) is 11.3 Å². The van der Waals surface area contributed by atoms with Crippen LogP contribution in [-0.4, -0.2) is 33.2 Å². The van der Waals surface area contributed by atoms with Gasteiger partial charge in [0.05, 0.1) is 27.4 Å². The second kappa shape index (κ2) is 11.5. The lowest BCUT2D eigenvalue weighted by atomic mass is 9.68. The molecular formula is C30H38O5. The number of hydrogen-bond donors (Lipinski definition) is 0. The van der Waals surface area contributed by atoms with Crippen LogP contribution >= 0.6 is 0 Å². The molecule has 0 unspecified atom stereocenters. The molecule has 0 N–H and O–H groups in total. The summed E-state index contributed by atoms with van der Waals surface area (Å²) in [6.07, 6.45) is 5.47. The summed E-state index contributed by atoms with van der Waals surface area (Å²) in [5.41, 5.74) is 3.54. The van der Waals surface area contributed by atoms with E-state index in [4.69, 9.17) is 18.9 Å². The molecule has 0 radical (unpaired) electrons. The maximum Gasteiger partial charge on any atom is 0.185 e. The van der Waals surface area contributed by atoms with E-state index in [2.05, 4.69) is 20.8 Å². The minimum atomic E-state index is 0.0612. The molecule has 0 aromatic heterocycles. The third kappa shape index (κ3) is 6.47. The Hall–Kier alpha value is -3.21. The van der Waals surface area contributed by atoms with Crippen molar-refractivity contribution in [2.45, 2.75) is 47.5 Å². The Morgan fingerprint density at radius 3 is 1.54 bits per heavy atom. The zero-order valence-corrected chi connectivity index (χ0v) is 22.1. The lowest BCUT2D eigenvalue weighted by molar-refractivity contribution is -0.113. The Labute approximate surface area is 209 Å². The molecule has 0 amide bonds. The average Bonchev–Trinajstić information content (AvgIpc) is 2.82. The lowest BCUT2D eigenvalue weighted by Crippen LogP contribution is -2.29. The van der Waals surface area contributed by atoms with Crippen LogP contribution in [0.3, 0.4) is 0 Å². The number of ketones is 1. The van der Waals surface area contributed by atoms with Gasteiger partial charge in [-0.2, -0.15) is 0 Å². The van der Waals surface area contributed by atoms with E-state index in [0.717, 1.165) is 35.1 Å². The number of benzene rings is 2. The van der Waals surface area contributed by atoms with Gasteiger partial charge in [0.2, 0.25) is 0 Å². The molecule has 1 aliphatic carbocycles. The molecule has 0 bridgehead atoms. The predicted octanol–water partition coefficient (Wildman–Crippen LogP) is 6.99. The molecule has 1 fully saturated rings. The quantitative estimate of drug-likeness (QED) is 0.383. The molecule has 0 saturated heterocycles. The molecule has 1 saturated carbocycles. The van der Waals surface area contributed by atoms with Crippen LogP contribution in [0.25, 0.3) is 12.2 Å². The highest BCUT2D eigenvalue weighted by atomic mass is 16.5. The highest BCUT2D eigenvalue weighted by Crippen LogP contribution is 2.42. The van der Waals surface area contributed by atoms with E-state index in [-0.39, 0.29) is 11.2 Å². The number of carbonyl (C=O) groups is 1. The number of allylic oxidation sites excluding steroid dienone is 2. The summed E-state index contributed by atoms with van der Waals surface area (Å²) in [7, 11) is 3.25. The van der Waals surface area contributed by atoms with Gasteiger partial charge in [-0.25, -0.2) is 0 Å². The summed E-state index contributed by atoms with van der Waals surface area (Å²) >= 11 is 0. The van der Waals surface area contributed by atoms with Crippen molar-refractivity contribution in [1.29, 1.82) is 0 Å². The largest absolute Gasteiger partial charge is 0.493 e. The normalized spacial score (nSPS) is 18.6. The summed E-state index contributed by atoms with van der Waals surface area (Å²) < 4.78 is 22.3. The van der Waals surface area contributed by atoms with Crippen LogP contribution in [0.5, 0.6) is 23.0 Å². The number of methoxy groups -OCH3 is 2. The molecule has 0 aliphatic heterocycles. The van der Waals surface area contributed by atoms with Crippen LogP contribution < -0.4 is 18.9 Å². The van der Waals surface area contributed by atoms with Crippen molar-refractivity contribution in [2.75, 3.05) is 27.4 Å².